The second-order valence-corrected chi connectivity index (χ2v) is 4.54. The third kappa shape index (κ3) is 2.37. The lowest BCUT2D eigenvalue weighted by Crippen LogP contribution is -2.23. The molecule has 0 radical (unpaired) electrons. The molecule has 1 aliphatic heterocycles. The largest absolute Gasteiger partial charge is 0.481 e. The lowest BCUT2D eigenvalue weighted by Gasteiger charge is -2.17. The van der Waals surface area contributed by atoms with Crippen LogP contribution < -0.4 is 4.90 Å². The third-order valence-corrected chi connectivity index (χ3v) is 3.39. The zero-order valence-electron chi connectivity index (χ0n) is 10.4. The van der Waals surface area contributed by atoms with Crippen LogP contribution in [0.15, 0.2) is 24.3 Å². The highest BCUT2D eigenvalue weighted by molar-refractivity contribution is 5.95. The van der Waals surface area contributed by atoms with Crippen molar-refractivity contribution in [3.8, 4) is 0 Å². The molecule has 1 atom stereocenters. The van der Waals surface area contributed by atoms with Crippen LogP contribution in [0.1, 0.15) is 37.7 Å². The highest BCUT2D eigenvalue weighted by Crippen LogP contribution is 2.25. The van der Waals surface area contributed by atoms with Crippen LogP contribution in [0.3, 0.4) is 0 Å². The minimum absolute atomic E-state index is 0.146. The van der Waals surface area contributed by atoms with E-state index in [2.05, 4.69) is 0 Å². The van der Waals surface area contributed by atoms with Crippen LogP contribution in [0.25, 0.3) is 0 Å². The Morgan fingerprint density at radius 1 is 1.39 bits per heavy atom. The van der Waals surface area contributed by atoms with Crippen molar-refractivity contribution in [1.82, 2.24) is 0 Å². The van der Waals surface area contributed by atoms with E-state index in [1.807, 2.05) is 31.2 Å². The van der Waals surface area contributed by atoms with Crippen LogP contribution in [0, 0.1) is 0 Å². The van der Waals surface area contributed by atoms with Crippen molar-refractivity contribution < 1.29 is 14.7 Å². The first kappa shape index (κ1) is 12.6. The van der Waals surface area contributed by atoms with Gasteiger partial charge in [0.15, 0.2) is 0 Å². The molecule has 1 aromatic rings. The summed E-state index contributed by atoms with van der Waals surface area (Å²) in [5.74, 6) is -1.12. The number of carboxylic acid groups (broad SMARTS) is 1. The van der Waals surface area contributed by atoms with Gasteiger partial charge in [-0.1, -0.05) is 19.1 Å². The number of carbonyl (C=O) groups excluding carboxylic acids is 1. The van der Waals surface area contributed by atoms with Crippen molar-refractivity contribution >= 4 is 17.6 Å². The first-order valence-corrected chi connectivity index (χ1v) is 6.26. The molecule has 1 aliphatic rings. The number of aliphatic carboxylic acids is 1. The van der Waals surface area contributed by atoms with Crippen molar-refractivity contribution in [3.05, 3.63) is 29.8 Å². The number of anilines is 1. The smallest absolute Gasteiger partial charge is 0.310 e. The van der Waals surface area contributed by atoms with Gasteiger partial charge in [-0.25, -0.2) is 0 Å². The predicted octanol–water partition coefficient (Wildman–Crippen LogP) is 2.39. The van der Waals surface area contributed by atoms with Crippen molar-refractivity contribution in [2.45, 2.75) is 32.1 Å². The van der Waals surface area contributed by atoms with E-state index in [4.69, 9.17) is 5.11 Å². The Morgan fingerprint density at radius 3 is 2.50 bits per heavy atom. The average molecular weight is 247 g/mol. The Kier molecular flexibility index (Phi) is 3.65. The summed E-state index contributed by atoms with van der Waals surface area (Å²) >= 11 is 0. The minimum Gasteiger partial charge on any atom is -0.481 e. The summed E-state index contributed by atoms with van der Waals surface area (Å²) in [6.45, 7) is 2.62. The van der Waals surface area contributed by atoms with Crippen LogP contribution in [-0.4, -0.2) is 23.5 Å². The van der Waals surface area contributed by atoms with Crippen molar-refractivity contribution in [3.63, 3.8) is 0 Å². The van der Waals surface area contributed by atoms with E-state index in [0.717, 1.165) is 24.2 Å². The fourth-order valence-corrected chi connectivity index (χ4v) is 2.36. The third-order valence-electron chi connectivity index (χ3n) is 3.39. The minimum atomic E-state index is -0.803. The van der Waals surface area contributed by atoms with E-state index in [0.29, 0.717) is 12.8 Å². The van der Waals surface area contributed by atoms with E-state index < -0.39 is 11.9 Å². The molecule has 18 heavy (non-hydrogen) atoms. The summed E-state index contributed by atoms with van der Waals surface area (Å²) in [6.07, 6.45) is 2.07. The van der Waals surface area contributed by atoms with Gasteiger partial charge in [-0.15, -0.1) is 0 Å². The van der Waals surface area contributed by atoms with Gasteiger partial charge in [-0.3, -0.25) is 9.59 Å². The standard InChI is InChI=1S/C14H17NO3/c1-2-12(14(17)18)10-5-7-11(8-6-10)15-9-3-4-13(15)16/h5-8,12H,2-4,9H2,1H3,(H,17,18). The van der Waals surface area contributed by atoms with E-state index in [-0.39, 0.29) is 5.91 Å². The number of nitrogens with zero attached hydrogens (tertiary/aromatic N) is 1. The van der Waals surface area contributed by atoms with E-state index in [9.17, 15) is 9.59 Å². The maximum Gasteiger partial charge on any atom is 0.310 e. The molecule has 0 aromatic heterocycles. The molecule has 1 amide bonds. The van der Waals surface area contributed by atoms with Crippen molar-refractivity contribution in [2.24, 2.45) is 0 Å². The second-order valence-electron chi connectivity index (χ2n) is 4.54. The molecule has 1 unspecified atom stereocenters. The fraction of sp³-hybridized carbons (Fsp3) is 0.429. The van der Waals surface area contributed by atoms with Crippen molar-refractivity contribution in [2.75, 3.05) is 11.4 Å². The zero-order chi connectivity index (χ0) is 13.1. The van der Waals surface area contributed by atoms with E-state index in [1.54, 1.807) is 4.90 Å². The van der Waals surface area contributed by atoms with Gasteiger partial charge in [0.25, 0.3) is 0 Å². The predicted molar refractivity (Wildman–Crippen MR) is 68.7 cm³/mol. The van der Waals surface area contributed by atoms with Gasteiger partial charge in [0.2, 0.25) is 5.91 Å². The van der Waals surface area contributed by atoms with E-state index in [1.165, 1.54) is 0 Å². The molecule has 0 bridgehead atoms. The lowest BCUT2D eigenvalue weighted by molar-refractivity contribution is -0.138. The summed E-state index contributed by atoms with van der Waals surface area (Å²) in [5.41, 5.74) is 1.65. The van der Waals surface area contributed by atoms with Gasteiger partial charge < -0.3 is 10.0 Å². The first-order chi connectivity index (χ1) is 8.63. The Balaban J connectivity index is 2.19. The molecular weight excluding hydrogens is 230 g/mol. The number of amides is 1. The van der Waals surface area contributed by atoms with Crippen molar-refractivity contribution in [1.29, 1.82) is 0 Å². The molecule has 0 spiro atoms. The topological polar surface area (TPSA) is 57.6 Å². The first-order valence-electron chi connectivity index (χ1n) is 6.26. The van der Waals surface area contributed by atoms with E-state index >= 15 is 0 Å². The fourth-order valence-electron chi connectivity index (χ4n) is 2.36. The normalized spacial score (nSPS) is 16.9. The van der Waals surface area contributed by atoms with Gasteiger partial charge in [0.05, 0.1) is 5.92 Å². The summed E-state index contributed by atoms with van der Waals surface area (Å²) in [4.78, 5) is 24.4. The summed E-state index contributed by atoms with van der Waals surface area (Å²) < 4.78 is 0. The lowest BCUT2D eigenvalue weighted by atomic mass is 9.96. The number of benzene rings is 1. The monoisotopic (exact) mass is 247 g/mol. The van der Waals surface area contributed by atoms with Gasteiger partial charge >= 0.3 is 5.97 Å². The number of rotatable bonds is 4. The van der Waals surface area contributed by atoms with Gasteiger partial charge in [0, 0.05) is 18.7 Å². The highest BCUT2D eigenvalue weighted by Gasteiger charge is 2.22. The molecule has 1 aromatic carbocycles. The van der Waals surface area contributed by atoms with Gasteiger partial charge in [0.1, 0.15) is 0 Å². The molecule has 1 heterocycles. The maximum absolute atomic E-state index is 11.6. The Labute approximate surface area is 106 Å². The SMILES string of the molecule is CCC(C(=O)O)c1ccc(N2CCCC2=O)cc1. The summed E-state index contributed by atoms with van der Waals surface area (Å²) in [5, 5.41) is 9.09. The van der Waals surface area contributed by atoms with Crippen LogP contribution in [0.5, 0.6) is 0 Å². The Morgan fingerprint density at radius 2 is 2.06 bits per heavy atom. The number of carboxylic acids is 1. The molecule has 0 saturated carbocycles. The Hall–Kier alpha value is -1.84. The molecule has 2 rings (SSSR count). The summed E-state index contributed by atoms with van der Waals surface area (Å²) in [6, 6.07) is 7.29. The quantitative estimate of drug-likeness (QED) is 0.888. The molecule has 96 valence electrons. The Bertz CT molecular complexity index is 432. The highest BCUT2D eigenvalue weighted by atomic mass is 16.4. The number of hydrogen-bond acceptors (Lipinski definition) is 2. The zero-order valence-corrected chi connectivity index (χ0v) is 10.4. The molecule has 4 heteroatoms. The summed E-state index contributed by atoms with van der Waals surface area (Å²) in [7, 11) is 0. The second kappa shape index (κ2) is 5.21. The van der Waals surface area contributed by atoms with Gasteiger partial charge in [-0.2, -0.15) is 0 Å². The maximum atomic E-state index is 11.6. The molecular formula is C14H17NO3. The molecule has 1 fully saturated rings. The van der Waals surface area contributed by atoms with Crippen LogP contribution >= 0.6 is 0 Å². The molecule has 1 N–H and O–H groups in total. The molecule has 0 aliphatic carbocycles. The van der Waals surface area contributed by atoms with Crippen LogP contribution in [0.4, 0.5) is 5.69 Å². The van der Waals surface area contributed by atoms with Crippen LogP contribution in [-0.2, 0) is 9.59 Å². The van der Waals surface area contributed by atoms with Gasteiger partial charge in [-0.05, 0) is 30.5 Å². The average Bonchev–Trinajstić information content (AvgIpc) is 2.77. The molecule has 1 saturated heterocycles. The number of carbonyl (C=O) groups is 2. The van der Waals surface area contributed by atoms with Crippen LogP contribution in [0.2, 0.25) is 0 Å². The number of hydrogen-bond donors (Lipinski definition) is 1. The molecule has 4 nitrogen and oxygen atoms in total.